The summed E-state index contributed by atoms with van der Waals surface area (Å²) in [5.74, 6) is 1.92. The summed E-state index contributed by atoms with van der Waals surface area (Å²) in [6.45, 7) is 2.53. The molecule has 0 saturated heterocycles. The zero-order valence-electron chi connectivity index (χ0n) is 7.54. The predicted octanol–water partition coefficient (Wildman–Crippen LogP) is -0.0193. The molecule has 0 atom stereocenters. The van der Waals surface area contributed by atoms with E-state index in [-0.39, 0.29) is 0 Å². The minimum Gasteiger partial charge on any atom is -0.326 e. The molecule has 1 aromatic rings. The summed E-state index contributed by atoms with van der Waals surface area (Å²) >= 11 is 0. The van der Waals surface area contributed by atoms with Crippen molar-refractivity contribution in [1.82, 2.24) is 9.98 Å². The second-order valence-electron chi connectivity index (χ2n) is 3.07. The van der Waals surface area contributed by atoms with Gasteiger partial charge in [-0.2, -0.15) is 0 Å². The van der Waals surface area contributed by atoms with Crippen LogP contribution in [-0.2, 0) is 6.54 Å². The van der Waals surface area contributed by atoms with E-state index in [0.717, 1.165) is 22.8 Å². The average Bonchev–Trinajstić information content (AvgIpc) is 2.13. The van der Waals surface area contributed by atoms with Gasteiger partial charge in [-0.3, -0.25) is 0 Å². The SMILES string of the molecule is CC1=[N+]=C(c2ccc(CN)cc2)N1. The second-order valence-corrected chi connectivity index (χ2v) is 3.07. The Bertz CT molecular complexity index is 383. The number of nitrogens with one attached hydrogen (secondary N) is 1. The Balaban J connectivity index is 2.29. The third-order valence-corrected chi connectivity index (χ3v) is 2.04. The highest BCUT2D eigenvalue weighted by atomic mass is 15.1. The molecule has 0 saturated carbocycles. The number of hydrogen-bond donors (Lipinski definition) is 2. The van der Waals surface area contributed by atoms with Crippen LogP contribution in [-0.4, -0.2) is 11.7 Å². The first-order chi connectivity index (χ1) is 6.29. The van der Waals surface area contributed by atoms with Crippen molar-refractivity contribution in [3.05, 3.63) is 35.4 Å². The Morgan fingerprint density at radius 2 is 1.92 bits per heavy atom. The Kier molecular flexibility index (Phi) is 1.89. The molecule has 13 heavy (non-hydrogen) atoms. The van der Waals surface area contributed by atoms with Crippen LogP contribution in [0.1, 0.15) is 18.1 Å². The van der Waals surface area contributed by atoms with Gasteiger partial charge >= 0.3 is 5.84 Å². The molecule has 3 N–H and O–H groups in total. The molecule has 0 fully saturated rings. The summed E-state index contributed by atoms with van der Waals surface area (Å²) in [5, 5.41) is 3.13. The van der Waals surface area contributed by atoms with Crippen molar-refractivity contribution in [2.24, 2.45) is 5.73 Å². The van der Waals surface area contributed by atoms with Crippen molar-refractivity contribution in [1.29, 1.82) is 0 Å². The molecule has 0 spiro atoms. The van der Waals surface area contributed by atoms with Crippen molar-refractivity contribution in [2.45, 2.75) is 13.5 Å². The molecule has 0 aromatic heterocycles. The van der Waals surface area contributed by atoms with Crippen LogP contribution in [0.25, 0.3) is 0 Å². The fourth-order valence-corrected chi connectivity index (χ4v) is 1.28. The lowest BCUT2D eigenvalue weighted by molar-refractivity contribution is 1.07. The third kappa shape index (κ3) is 1.47. The Morgan fingerprint density at radius 1 is 1.31 bits per heavy atom. The maximum Gasteiger partial charge on any atom is 0.324 e. The minimum atomic E-state index is 0.589. The van der Waals surface area contributed by atoms with Gasteiger partial charge in [0.1, 0.15) is 0 Å². The molecule has 0 unspecified atom stereocenters. The van der Waals surface area contributed by atoms with Crippen LogP contribution in [0.2, 0.25) is 0 Å². The van der Waals surface area contributed by atoms with E-state index in [2.05, 4.69) is 9.98 Å². The summed E-state index contributed by atoms with van der Waals surface area (Å²) < 4.78 is 4.24. The quantitative estimate of drug-likeness (QED) is 0.619. The maximum atomic E-state index is 5.49. The monoisotopic (exact) mass is 174 g/mol. The van der Waals surface area contributed by atoms with E-state index in [9.17, 15) is 0 Å². The largest absolute Gasteiger partial charge is 0.326 e. The Hall–Kier alpha value is -1.57. The van der Waals surface area contributed by atoms with Gasteiger partial charge in [0.05, 0.1) is 5.56 Å². The molecule has 0 aliphatic carbocycles. The van der Waals surface area contributed by atoms with Crippen molar-refractivity contribution in [2.75, 3.05) is 0 Å². The maximum absolute atomic E-state index is 5.49. The molecule has 66 valence electrons. The van der Waals surface area contributed by atoms with Gasteiger partial charge in [-0.15, -0.1) is 0 Å². The molecular weight excluding hydrogens is 162 g/mol. The van der Waals surface area contributed by atoms with E-state index in [1.54, 1.807) is 0 Å². The molecule has 1 aromatic carbocycles. The zero-order chi connectivity index (χ0) is 9.26. The molecule has 0 radical (unpaired) electrons. The number of hydrogen-bond acceptors (Lipinski definition) is 2. The summed E-state index contributed by atoms with van der Waals surface area (Å²) in [7, 11) is 0. The van der Waals surface area contributed by atoms with E-state index in [0.29, 0.717) is 6.54 Å². The molecule has 2 rings (SSSR count). The highest BCUT2D eigenvalue weighted by Crippen LogP contribution is 2.04. The van der Waals surface area contributed by atoms with Gasteiger partial charge in [0.25, 0.3) is 5.84 Å². The lowest BCUT2D eigenvalue weighted by Crippen LogP contribution is -2.42. The minimum absolute atomic E-state index is 0.589. The van der Waals surface area contributed by atoms with E-state index >= 15 is 0 Å². The summed E-state index contributed by atoms with van der Waals surface area (Å²) in [5.41, 5.74) is 7.75. The third-order valence-electron chi connectivity index (χ3n) is 2.04. The smallest absolute Gasteiger partial charge is 0.324 e. The van der Waals surface area contributed by atoms with E-state index in [1.165, 1.54) is 0 Å². The normalized spacial score (nSPS) is 14.0. The van der Waals surface area contributed by atoms with Gasteiger partial charge in [-0.05, 0) is 17.7 Å². The standard InChI is InChI=1S/C10H11N3/c1-7-12-10(13-7)9-4-2-8(6-11)3-5-9/h2-5H,6,11H2,1H3/p+1. The van der Waals surface area contributed by atoms with Crippen LogP contribution in [0.5, 0.6) is 0 Å². The summed E-state index contributed by atoms with van der Waals surface area (Å²) in [4.78, 5) is 0. The molecule has 3 nitrogen and oxygen atoms in total. The van der Waals surface area contributed by atoms with E-state index in [4.69, 9.17) is 5.73 Å². The van der Waals surface area contributed by atoms with E-state index < -0.39 is 0 Å². The average molecular weight is 174 g/mol. The fraction of sp³-hybridized carbons (Fsp3) is 0.200. The first-order valence-corrected chi connectivity index (χ1v) is 4.28. The van der Waals surface area contributed by atoms with Crippen LogP contribution >= 0.6 is 0 Å². The first kappa shape index (κ1) is 8.05. The van der Waals surface area contributed by atoms with Gasteiger partial charge in [0, 0.05) is 13.5 Å². The van der Waals surface area contributed by atoms with Crippen LogP contribution in [0.15, 0.2) is 24.3 Å². The number of benzene rings is 1. The molecular formula is C10H12N3+. The number of rotatable bonds is 2. The number of nitrogens with zero attached hydrogens (tertiary/aromatic N) is 1. The molecule has 3 heteroatoms. The fourth-order valence-electron chi connectivity index (χ4n) is 1.28. The predicted molar refractivity (Wildman–Crippen MR) is 54.4 cm³/mol. The topological polar surface area (TPSA) is 52.2 Å². The van der Waals surface area contributed by atoms with Crippen LogP contribution in [0.3, 0.4) is 0 Å². The van der Waals surface area contributed by atoms with Gasteiger partial charge in [-0.25, -0.2) is 9.98 Å². The molecule has 0 amide bonds. The summed E-state index contributed by atoms with van der Waals surface area (Å²) in [6, 6.07) is 8.10. The second kappa shape index (κ2) is 3.05. The van der Waals surface area contributed by atoms with Gasteiger partial charge in [0.2, 0.25) is 0 Å². The number of nitrogens with two attached hydrogens (primary N) is 1. The van der Waals surface area contributed by atoms with Gasteiger partial charge in [-0.1, -0.05) is 12.1 Å². The van der Waals surface area contributed by atoms with Crippen molar-refractivity contribution in [3.8, 4) is 0 Å². The number of amidine groups is 2. The van der Waals surface area contributed by atoms with Crippen LogP contribution in [0, 0.1) is 0 Å². The molecule has 0 bridgehead atoms. The zero-order valence-corrected chi connectivity index (χ0v) is 7.54. The van der Waals surface area contributed by atoms with Crippen molar-refractivity contribution >= 4 is 11.7 Å². The van der Waals surface area contributed by atoms with E-state index in [1.807, 2.05) is 31.2 Å². The Morgan fingerprint density at radius 3 is 2.38 bits per heavy atom. The summed E-state index contributed by atoms with van der Waals surface area (Å²) in [6.07, 6.45) is 0. The molecule has 1 aliphatic rings. The van der Waals surface area contributed by atoms with Crippen molar-refractivity contribution in [3.63, 3.8) is 0 Å². The lowest BCUT2D eigenvalue weighted by Gasteiger charge is -2.05. The van der Waals surface area contributed by atoms with Gasteiger partial charge < -0.3 is 5.73 Å². The van der Waals surface area contributed by atoms with Crippen LogP contribution < -0.4 is 15.7 Å². The molecule has 1 aliphatic heterocycles. The highest BCUT2D eigenvalue weighted by Gasteiger charge is 2.18. The van der Waals surface area contributed by atoms with Gasteiger partial charge in [0.15, 0.2) is 0 Å². The first-order valence-electron chi connectivity index (χ1n) is 4.28. The molecule has 1 heterocycles. The van der Waals surface area contributed by atoms with Crippen LogP contribution in [0.4, 0.5) is 0 Å². The van der Waals surface area contributed by atoms with Crippen molar-refractivity contribution < 1.29 is 0 Å². The Labute approximate surface area is 77.0 Å². The highest BCUT2D eigenvalue weighted by molar-refractivity contribution is 6.15. The lowest BCUT2D eigenvalue weighted by atomic mass is 10.1.